The van der Waals surface area contributed by atoms with Crippen molar-refractivity contribution in [3.63, 3.8) is 0 Å². The smallest absolute Gasteiger partial charge is 0.251 e. The van der Waals surface area contributed by atoms with Crippen molar-refractivity contribution in [2.45, 2.75) is 20.3 Å². The van der Waals surface area contributed by atoms with Crippen LogP contribution < -0.4 is 20.3 Å². The van der Waals surface area contributed by atoms with Gasteiger partial charge in [0.1, 0.15) is 11.6 Å². The molecule has 176 valence electrons. The Balaban J connectivity index is 0.00000363. The van der Waals surface area contributed by atoms with Gasteiger partial charge in [-0.3, -0.25) is 9.79 Å². The van der Waals surface area contributed by atoms with Gasteiger partial charge in [0.25, 0.3) is 5.91 Å². The lowest BCUT2D eigenvalue weighted by atomic mass is 10.2. The number of hydrogen-bond acceptors (Lipinski definition) is 7. The summed E-state index contributed by atoms with van der Waals surface area (Å²) in [7, 11) is 1.59. The van der Waals surface area contributed by atoms with Crippen LogP contribution in [0.2, 0.25) is 0 Å². The summed E-state index contributed by atoms with van der Waals surface area (Å²) in [5.74, 6) is 2.33. The number of methoxy groups -OCH3 is 1. The lowest BCUT2D eigenvalue weighted by molar-refractivity contribution is 0.0954. The summed E-state index contributed by atoms with van der Waals surface area (Å²) < 4.78 is 9.56. The number of guanidine groups is 1. The molecule has 1 amide bonds. The number of rotatable bonds is 8. The van der Waals surface area contributed by atoms with E-state index in [1.54, 1.807) is 25.3 Å². The predicted molar refractivity (Wildman–Crippen MR) is 140 cm³/mol. The maximum absolute atomic E-state index is 12.3. The molecule has 9 nitrogen and oxygen atoms in total. The quantitative estimate of drug-likeness (QED) is 0.217. The van der Waals surface area contributed by atoms with Crippen LogP contribution in [0.3, 0.4) is 0 Å². The molecule has 0 radical (unpaired) electrons. The summed E-state index contributed by atoms with van der Waals surface area (Å²) in [4.78, 5) is 26.2. The molecule has 0 unspecified atom stereocenters. The van der Waals surface area contributed by atoms with E-state index in [0.29, 0.717) is 24.4 Å². The Morgan fingerprint density at radius 1 is 1.22 bits per heavy atom. The Labute approximate surface area is 210 Å². The first-order valence-corrected chi connectivity index (χ1v) is 11.4. The molecule has 1 aromatic heterocycles. The summed E-state index contributed by atoms with van der Waals surface area (Å²) in [6.45, 7) is 9.40. The molecule has 0 spiro atoms. The minimum atomic E-state index is -0.128. The number of hydrogen-bond donors (Lipinski definition) is 2. The first kappa shape index (κ1) is 26.1. The van der Waals surface area contributed by atoms with E-state index in [9.17, 15) is 4.79 Å². The van der Waals surface area contributed by atoms with Gasteiger partial charge in [-0.15, -0.1) is 24.0 Å². The molecule has 1 aliphatic rings. The number of aryl methyl sites for hydroxylation is 1. The molecule has 3 rings (SSSR count). The van der Waals surface area contributed by atoms with Crippen molar-refractivity contribution in [3.05, 3.63) is 35.7 Å². The molecule has 0 saturated carbocycles. The highest BCUT2D eigenvalue weighted by Gasteiger charge is 2.22. The third-order valence-corrected chi connectivity index (χ3v) is 5.76. The van der Waals surface area contributed by atoms with E-state index < -0.39 is 0 Å². The monoisotopic (exact) mass is 573 g/mol. The average Bonchev–Trinajstić information content (AvgIpc) is 3.30. The minimum absolute atomic E-state index is 0. The van der Waals surface area contributed by atoms with Gasteiger partial charge in [-0.05, 0) is 25.1 Å². The molecule has 2 heterocycles. The summed E-state index contributed by atoms with van der Waals surface area (Å²) >= 11 is 1.47. The fraction of sp³-hybridized carbons (Fsp3) is 0.524. The zero-order valence-electron chi connectivity index (χ0n) is 18.8. The van der Waals surface area contributed by atoms with Crippen LogP contribution in [-0.2, 0) is 6.42 Å². The second-order valence-electron chi connectivity index (χ2n) is 7.04. The van der Waals surface area contributed by atoms with E-state index in [2.05, 4.69) is 43.6 Å². The predicted octanol–water partition coefficient (Wildman–Crippen LogP) is 2.24. The number of halogens is 1. The SMILES string of the molecule is CCNC(=NCCNC(=O)c1cccc(OC)c1)N1CCN(c2nc(CC)ns2)CC1.I. The number of nitrogens with zero attached hydrogens (tertiary/aromatic N) is 5. The van der Waals surface area contributed by atoms with Crippen molar-refractivity contribution in [3.8, 4) is 5.75 Å². The molecule has 0 aliphatic carbocycles. The molecule has 11 heteroatoms. The van der Waals surface area contributed by atoms with Gasteiger partial charge in [-0.1, -0.05) is 13.0 Å². The second-order valence-corrected chi connectivity index (χ2v) is 7.77. The lowest BCUT2D eigenvalue weighted by Gasteiger charge is -2.36. The second kappa shape index (κ2) is 13.4. The van der Waals surface area contributed by atoms with Gasteiger partial charge in [-0.2, -0.15) is 4.37 Å². The summed E-state index contributed by atoms with van der Waals surface area (Å²) in [6, 6.07) is 7.12. The Kier molecular flexibility index (Phi) is 10.9. The van der Waals surface area contributed by atoms with Gasteiger partial charge in [-0.25, -0.2) is 4.98 Å². The topological polar surface area (TPSA) is 95.0 Å². The number of aromatic nitrogens is 2. The summed E-state index contributed by atoms with van der Waals surface area (Å²) in [5.41, 5.74) is 0.578. The van der Waals surface area contributed by atoms with Crippen molar-refractivity contribution in [1.29, 1.82) is 0 Å². The third kappa shape index (κ3) is 7.19. The van der Waals surface area contributed by atoms with Crippen LogP contribution >= 0.6 is 35.5 Å². The van der Waals surface area contributed by atoms with Crippen LogP contribution in [0.15, 0.2) is 29.3 Å². The van der Waals surface area contributed by atoms with E-state index >= 15 is 0 Å². The Hall–Kier alpha value is -2.15. The van der Waals surface area contributed by atoms with Gasteiger partial charge in [0.2, 0.25) is 5.13 Å². The van der Waals surface area contributed by atoms with Crippen molar-refractivity contribution < 1.29 is 9.53 Å². The normalized spacial score (nSPS) is 14.0. The van der Waals surface area contributed by atoms with Crippen LogP contribution in [0.4, 0.5) is 5.13 Å². The Bertz CT molecular complexity index is 885. The fourth-order valence-electron chi connectivity index (χ4n) is 3.25. The highest BCUT2D eigenvalue weighted by atomic mass is 127. The molecule has 0 atom stereocenters. The number of carbonyl (C=O) groups is 1. The lowest BCUT2D eigenvalue weighted by Crippen LogP contribution is -2.52. The van der Waals surface area contributed by atoms with Crippen molar-refractivity contribution >= 4 is 52.5 Å². The maximum atomic E-state index is 12.3. The fourth-order valence-corrected chi connectivity index (χ4v) is 4.05. The van der Waals surface area contributed by atoms with Crippen LogP contribution in [0.25, 0.3) is 0 Å². The van der Waals surface area contributed by atoms with Crippen molar-refractivity contribution in [2.75, 3.05) is 57.8 Å². The van der Waals surface area contributed by atoms with Crippen LogP contribution in [-0.4, -0.2) is 79.0 Å². The number of carbonyl (C=O) groups excluding carboxylic acids is 1. The first-order valence-electron chi connectivity index (χ1n) is 10.7. The van der Waals surface area contributed by atoms with E-state index in [1.165, 1.54) is 11.5 Å². The number of piperazine rings is 1. The van der Waals surface area contributed by atoms with Gasteiger partial charge in [0.15, 0.2) is 5.96 Å². The Morgan fingerprint density at radius 2 is 2.00 bits per heavy atom. The van der Waals surface area contributed by atoms with E-state index in [4.69, 9.17) is 9.73 Å². The van der Waals surface area contributed by atoms with Gasteiger partial charge < -0.3 is 25.2 Å². The Morgan fingerprint density at radius 3 is 2.66 bits per heavy atom. The van der Waals surface area contributed by atoms with E-state index in [1.807, 2.05) is 6.07 Å². The van der Waals surface area contributed by atoms with Gasteiger partial charge in [0.05, 0.1) is 13.7 Å². The van der Waals surface area contributed by atoms with Crippen LogP contribution in [0, 0.1) is 0 Å². The molecule has 2 N–H and O–H groups in total. The first-order chi connectivity index (χ1) is 15.1. The van der Waals surface area contributed by atoms with E-state index in [0.717, 1.165) is 56.1 Å². The van der Waals surface area contributed by atoms with Crippen molar-refractivity contribution in [2.24, 2.45) is 4.99 Å². The maximum Gasteiger partial charge on any atom is 0.251 e. The highest BCUT2D eigenvalue weighted by Crippen LogP contribution is 2.19. The van der Waals surface area contributed by atoms with Gasteiger partial charge in [0, 0.05) is 62.8 Å². The number of ether oxygens (including phenoxy) is 1. The third-order valence-electron chi connectivity index (χ3n) is 4.95. The minimum Gasteiger partial charge on any atom is -0.497 e. The molecule has 1 fully saturated rings. The highest BCUT2D eigenvalue weighted by molar-refractivity contribution is 14.0. The molecule has 1 aliphatic heterocycles. The molecule has 1 aromatic carbocycles. The average molecular weight is 574 g/mol. The summed E-state index contributed by atoms with van der Waals surface area (Å²) in [6.07, 6.45) is 0.863. The van der Waals surface area contributed by atoms with Crippen LogP contribution in [0.5, 0.6) is 5.75 Å². The molecule has 1 saturated heterocycles. The zero-order valence-corrected chi connectivity index (χ0v) is 22.0. The molecule has 2 aromatic rings. The largest absolute Gasteiger partial charge is 0.497 e. The van der Waals surface area contributed by atoms with Crippen molar-refractivity contribution in [1.82, 2.24) is 24.9 Å². The van der Waals surface area contributed by atoms with Gasteiger partial charge >= 0.3 is 0 Å². The standard InChI is InChI=1S/C21H31N7O2S.HI/c1-4-18-25-21(31-26-18)28-13-11-27(12-14-28)20(22-5-2)24-10-9-23-19(29)16-7-6-8-17(15-16)30-3;/h6-8,15H,4-5,9-14H2,1-3H3,(H,22,24)(H,23,29);1H. The molecule has 32 heavy (non-hydrogen) atoms. The zero-order chi connectivity index (χ0) is 22.1. The molecular formula is C21H32IN7O2S. The molecular weight excluding hydrogens is 541 g/mol. The number of benzene rings is 1. The number of anilines is 1. The number of amides is 1. The van der Waals surface area contributed by atoms with Crippen LogP contribution in [0.1, 0.15) is 30.0 Å². The number of aliphatic imine (C=N–C) groups is 1. The van der Waals surface area contributed by atoms with E-state index in [-0.39, 0.29) is 29.9 Å². The number of nitrogens with one attached hydrogen (secondary N) is 2. The summed E-state index contributed by atoms with van der Waals surface area (Å²) in [5, 5.41) is 7.27. The molecule has 0 bridgehead atoms.